The molecule has 0 fully saturated rings. The number of nitrogens with zero attached hydrogens (tertiary/aromatic N) is 2. The number of aromatic nitrogens is 1. The largest absolute Gasteiger partial charge is 0.310 e. The van der Waals surface area contributed by atoms with Crippen LogP contribution in [-0.4, -0.2) is 4.57 Å². The predicted molar refractivity (Wildman–Crippen MR) is 237 cm³/mol. The van der Waals surface area contributed by atoms with Gasteiger partial charge in [-0.2, -0.15) is 0 Å². The molecule has 8 aromatic rings. The summed E-state index contributed by atoms with van der Waals surface area (Å²) in [6.07, 6.45) is 4.78. The Morgan fingerprint density at radius 1 is 0.527 bits per heavy atom. The summed E-state index contributed by atoms with van der Waals surface area (Å²) in [5.41, 5.74) is 15.3. The topological polar surface area (TPSA) is 8.17 Å². The van der Waals surface area contributed by atoms with Gasteiger partial charge in [0, 0.05) is 38.6 Å². The van der Waals surface area contributed by atoms with Gasteiger partial charge in [0.15, 0.2) is 0 Å². The number of fused-ring (bicyclic) bond motifs is 8. The van der Waals surface area contributed by atoms with Crippen LogP contribution < -0.4 is 4.90 Å². The zero-order chi connectivity index (χ0) is 37.8. The van der Waals surface area contributed by atoms with Crippen molar-refractivity contribution in [3.63, 3.8) is 0 Å². The highest BCUT2D eigenvalue weighted by atomic mass is 15.1. The fraction of sp³-hybridized carbons (Fsp3) is 0.245. The zero-order valence-electron chi connectivity index (χ0n) is 33.2. The molecule has 0 saturated carbocycles. The van der Waals surface area contributed by atoms with Gasteiger partial charge in [0.1, 0.15) is 0 Å². The van der Waals surface area contributed by atoms with Crippen molar-refractivity contribution in [3.8, 4) is 16.8 Å². The van der Waals surface area contributed by atoms with Crippen molar-refractivity contribution >= 4 is 49.6 Å². The van der Waals surface area contributed by atoms with Crippen LogP contribution in [0.5, 0.6) is 0 Å². The quantitative estimate of drug-likeness (QED) is 0.137. The second-order valence-electron chi connectivity index (χ2n) is 16.5. The van der Waals surface area contributed by atoms with Crippen molar-refractivity contribution in [1.29, 1.82) is 0 Å². The van der Waals surface area contributed by atoms with Gasteiger partial charge < -0.3 is 9.47 Å². The van der Waals surface area contributed by atoms with E-state index in [2.05, 4.69) is 197 Å². The Hall–Kier alpha value is -5.60. The van der Waals surface area contributed by atoms with Crippen molar-refractivity contribution in [2.75, 3.05) is 4.90 Å². The van der Waals surface area contributed by atoms with Crippen LogP contribution in [-0.2, 0) is 5.41 Å². The molecule has 274 valence electrons. The van der Waals surface area contributed by atoms with E-state index in [-0.39, 0.29) is 5.41 Å². The minimum absolute atomic E-state index is 0.219. The third kappa shape index (κ3) is 5.77. The molecule has 1 aliphatic carbocycles. The Morgan fingerprint density at radius 2 is 1.02 bits per heavy atom. The maximum atomic E-state index is 2.51. The minimum Gasteiger partial charge on any atom is -0.310 e. The Balaban J connectivity index is 1.23. The maximum Gasteiger partial charge on any atom is 0.0543 e. The molecule has 55 heavy (non-hydrogen) atoms. The fourth-order valence-electron chi connectivity index (χ4n) is 9.61. The number of anilines is 3. The van der Waals surface area contributed by atoms with Crippen LogP contribution in [0.1, 0.15) is 101 Å². The van der Waals surface area contributed by atoms with Gasteiger partial charge in [0.25, 0.3) is 0 Å². The van der Waals surface area contributed by atoms with E-state index in [4.69, 9.17) is 0 Å². The Kier molecular flexibility index (Phi) is 8.89. The summed E-state index contributed by atoms with van der Waals surface area (Å²) in [5.74, 6) is 1.08. The molecule has 7 aromatic carbocycles. The van der Waals surface area contributed by atoms with Gasteiger partial charge >= 0.3 is 0 Å². The van der Waals surface area contributed by atoms with Crippen LogP contribution in [0, 0.1) is 0 Å². The number of hydrogen-bond donors (Lipinski definition) is 0. The summed E-state index contributed by atoms with van der Waals surface area (Å²) in [5, 5.41) is 5.15. The van der Waals surface area contributed by atoms with Crippen molar-refractivity contribution in [1.82, 2.24) is 4.57 Å². The molecule has 1 aliphatic rings. The van der Waals surface area contributed by atoms with E-state index in [1.54, 1.807) is 0 Å². The molecule has 0 bridgehead atoms. The van der Waals surface area contributed by atoms with E-state index in [0.717, 1.165) is 0 Å². The van der Waals surface area contributed by atoms with E-state index < -0.39 is 0 Å². The first kappa shape index (κ1) is 35.1. The minimum atomic E-state index is -0.219. The van der Waals surface area contributed by atoms with Gasteiger partial charge in [0.05, 0.1) is 16.7 Å². The molecule has 0 radical (unpaired) electrons. The lowest BCUT2D eigenvalue weighted by molar-refractivity contribution is 0.660. The smallest absolute Gasteiger partial charge is 0.0543 e. The number of hydrogen-bond acceptors (Lipinski definition) is 1. The monoisotopic (exact) mass is 716 g/mol. The van der Waals surface area contributed by atoms with Crippen LogP contribution >= 0.6 is 0 Å². The van der Waals surface area contributed by atoms with Crippen molar-refractivity contribution < 1.29 is 0 Å². The average Bonchev–Trinajstić information content (AvgIpc) is 3.67. The molecule has 2 unspecified atom stereocenters. The van der Waals surface area contributed by atoms with E-state index in [0.29, 0.717) is 11.8 Å². The predicted octanol–water partition coefficient (Wildman–Crippen LogP) is 15.5. The summed E-state index contributed by atoms with van der Waals surface area (Å²) in [6, 6.07) is 55.2. The van der Waals surface area contributed by atoms with Crippen LogP contribution in [0.4, 0.5) is 17.1 Å². The first-order chi connectivity index (χ1) is 26.8. The van der Waals surface area contributed by atoms with Crippen molar-refractivity contribution in [2.45, 2.75) is 84.5 Å². The molecule has 1 heterocycles. The van der Waals surface area contributed by atoms with Gasteiger partial charge in [-0.05, 0) is 118 Å². The summed E-state index contributed by atoms with van der Waals surface area (Å²) >= 11 is 0. The molecule has 0 aliphatic heterocycles. The van der Waals surface area contributed by atoms with Gasteiger partial charge in [-0.3, -0.25) is 0 Å². The van der Waals surface area contributed by atoms with Crippen LogP contribution in [0.2, 0.25) is 0 Å². The van der Waals surface area contributed by atoms with E-state index in [1.807, 2.05) is 0 Å². The molecule has 0 amide bonds. The summed E-state index contributed by atoms with van der Waals surface area (Å²) in [4.78, 5) is 2.51. The Labute approximate surface area is 327 Å². The van der Waals surface area contributed by atoms with Gasteiger partial charge in [-0.1, -0.05) is 145 Å². The molecule has 0 saturated heterocycles. The van der Waals surface area contributed by atoms with E-state index >= 15 is 0 Å². The number of benzene rings is 7. The summed E-state index contributed by atoms with van der Waals surface area (Å²) < 4.78 is 2.45. The summed E-state index contributed by atoms with van der Waals surface area (Å²) in [7, 11) is 0. The van der Waals surface area contributed by atoms with Gasteiger partial charge in [0.2, 0.25) is 0 Å². The van der Waals surface area contributed by atoms with Crippen molar-refractivity contribution in [3.05, 3.63) is 168 Å². The molecular formula is C53H52N2. The fourth-order valence-corrected chi connectivity index (χ4v) is 9.61. The zero-order valence-corrected chi connectivity index (χ0v) is 33.2. The first-order valence-electron chi connectivity index (χ1n) is 20.5. The third-order valence-electron chi connectivity index (χ3n) is 12.6. The molecular weight excluding hydrogens is 665 g/mol. The number of rotatable bonds is 10. The van der Waals surface area contributed by atoms with E-state index in [1.165, 1.54) is 114 Å². The first-order valence-corrected chi connectivity index (χ1v) is 20.5. The maximum absolute atomic E-state index is 2.51. The molecule has 2 heteroatoms. The molecule has 2 atom stereocenters. The number of para-hydroxylation sites is 2. The molecule has 0 N–H and O–H groups in total. The standard InChI is InChI=1S/C53H52N2/c1-7-15-35(3)37-23-27-39(28-24-37)54(40-29-25-38(26-30-40)36(4)16-8-2)51-34-48-52(45-20-10-9-19-44(45)51)46-32-31-41(33-47(46)53(48,5)6)55-49-21-13-11-17-42(49)43-18-12-14-22-50(43)55/h9-14,17-36H,7-8,15-16H2,1-6H3. The van der Waals surface area contributed by atoms with Gasteiger partial charge in [-0.25, -0.2) is 0 Å². The van der Waals surface area contributed by atoms with Crippen LogP contribution in [0.3, 0.4) is 0 Å². The lowest BCUT2D eigenvalue weighted by Gasteiger charge is -2.30. The third-order valence-corrected chi connectivity index (χ3v) is 12.6. The second kappa shape index (κ2) is 13.9. The lowest BCUT2D eigenvalue weighted by atomic mass is 9.81. The van der Waals surface area contributed by atoms with E-state index in [9.17, 15) is 0 Å². The Morgan fingerprint density at radius 3 is 1.55 bits per heavy atom. The molecule has 2 nitrogen and oxygen atoms in total. The summed E-state index contributed by atoms with van der Waals surface area (Å²) in [6.45, 7) is 14.1. The van der Waals surface area contributed by atoms with Crippen molar-refractivity contribution in [2.24, 2.45) is 0 Å². The lowest BCUT2D eigenvalue weighted by Crippen LogP contribution is -2.17. The Bertz CT molecular complexity index is 2570. The normalized spacial score (nSPS) is 14.3. The highest BCUT2D eigenvalue weighted by Gasteiger charge is 2.38. The molecule has 1 aromatic heterocycles. The highest BCUT2D eigenvalue weighted by Crippen LogP contribution is 2.55. The molecule has 9 rings (SSSR count). The second-order valence-corrected chi connectivity index (χ2v) is 16.5. The van der Waals surface area contributed by atoms with Crippen LogP contribution in [0.25, 0.3) is 49.4 Å². The molecule has 0 spiro atoms. The highest BCUT2D eigenvalue weighted by molar-refractivity contribution is 6.11. The van der Waals surface area contributed by atoms with Gasteiger partial charge in [-0.15, -0.1) is 0 Å². The average molecular weight is 717 g/mol. The van der Waals surface area contributed by atoms with Crippen LogP contribution in [0.15, 0.2) is 146 Å². The SMILES string of the molecule is CCCC(C)c1ccc(N(c2ccc(C(C)CCC)cc2)c2cc3c(c4ccccc24)-c2ccc(-n4c5ccccc5c5ccccc54)cc2C3(C)C)cc1.